The predicted molar refractivity (Wildman–Crippen MR) is 81.0 cm³/mol. The molecule has 0 saturated carbocycles. The van der Waals surface area contributed by atoms with Gasteiger partial charge in [0.05, 0.1) is 6.54 Å². The Hall–Kier alpha value is -2.00. The first-order valence-electron chi connectivity index (χ1n) is 7.22. The van der Waals surface area contributed by atoms with Gasteiger partial charge in [0.1, 0.15) is 10.9 Å². The van der Waals surface area contributed by atoms with Gasteiger partial charge < -0.3 is 10.0 Å². The molecule has 8 nitrogen and oxygen atoms in total. The number of likely N-dealkylation sites (N-methyl/N-ethyl adjacent to an activating group) is 1. The van der Waals surface area contributed by atoms with Crippen LogP contribution in [0.15, 0.2) is 29.4 Å². The fourth-order valence-electron chi connectivity index (χ4n) is 2.53. The lowest BCUT2D eigenvalue weighted by Crippen LogP contribution is -2.51. The summed E-state index contributed by atoms with van der Waals surface area (Å²) in [7, 11) is -2.54. The van der Waals surface area contributed by atoms with E-state index < -0.39 is 34.5 Å². The largest absolute Gasteiger partial charge is 0.480 e. The minimum Gasteiger partial charge on any atom is -0.480 e. The molecular formula is C14H19N3O5S. The molecule has 1 aliphatic rings. The number of rotatable bonds is 5. The van der Waals surface area contributed by atoms with E-state index in [9.17, 15) is 23.1 Å². The van der Waals surface area contributed by atoms with E-state index in [0.29, 0.717) is 19.4 Å². The number of aromatic nitrogens is 1. The SMILES string of the molecule is CN(CC(=O)N1CCCCC1C(=O)O)S(=O)(=O)c1cccnc1. The molecule has 1 N–H and O–H groups in total. The smallest absolute Gasteiger partial charge is 0.326 e. The highest BCUT2D eigenvalue weighted by Gasteiger charge is 2.33. The normalized spacial score (nSPS) is 18.9. The molecule has 1 aliphatic heterocycles. The molecular weight excluding hydrogens is 322 g/mol. The maximum absolute atomic E-state index is 12.4. The molecule has 1 aromatic rings. The number of aliphatic carboxylic acids is 1. The number of likely N-dealkylation sites (tertiary alicyclic amines) is 1. The van der Waals surface area contributed by atoms with Crippen molar-refractivity contribution in [2.75, 3.05) is 20.1 Å². The molecule has 1 amide bonds. The van der Waals surface area contributed by atoms with Gasteiger partial charge in [-0.05, 0) is 31.4 Å². The predicted octanol–water partition coefficient (Wildman–Crippen LogP) is 0.168. The number of hydrogen-bond donors (Lipinski definition) is 1. The first-order valence-corrected chi connectivity index (χ1v) is 8.66. The molecule has 1 saturated heterocycles. The zero-order chi connectivity index (χ0) is 17.0. The summed E-state index contributed by atoms with van der Waals surface area (Å²) in [6.45, 7) is -0.0718. The molecule has 0 radical (unpaired) electrons. The van der Waals surface area contributed by atoms with E-state index in [1.807, 2.05) is 0 Å². The maximum atomic E-state index is 12.4. The lowest BCUT2D eigenvalue weighted by molar-refractivity contribution is -0.152. The quantitative estimate of drug-likeness (QED) is 0.818. The summed E-state index contributed by atoms with van der Waals surface area (Å²) in [6, 6.07) is 2.00. The Labute approximate surface area is 134 Å². The fourth-order valence-corrected chi connectivity index (χ4v) is 3.62. The van der Waals surface area contributed by atoms with Gasteiger partial charge in [-0.3, -0.25) is 9.78 Å². The van der Waals surface area contributed by atoms with Gasteiger partial charge in [-0.1, -0.05) is 0 Å². The molecule has 9 heteroatoms. The third-order valence-electron chi connectivity index (χ3n) is 3.81. The molecule has 1 aromatic heterocycles. The number of nitrogens with zero attached hydrogens (tertiary/aromatic N) is 3. The van der Waals surface area contributed by atoms with Gasteiger partial charge in [0.25, 0.3) is 0 Å². The highest BCUT2D eigenvalue weighted by atomic mass is 32.2. The number of sulfonamides is 1. The number of hydrogen-bond acceptors (Lipinski definition) is 5. The van der Waals surface area contributed by atoms with E-state index in [4.69, 9.17) is 0 Å². The van der Waals surface area contributed by atoms with Crippen molar-refractivity contribution in [3.05, 3.63) is 24.5 Å². The van der Waals surface area contributed by atoms with Crippen molar-refractivity contribution >= 4 is 21.9 Å². The summed E-state index contributed by atoms with van der Waals surface area (Å²) < 4.78 is 25.6. The summed E-state index contributed by atoms with van der Waals surface area (Å²) in [5, 5.41) is 9.20. The van der Waals surface area contributed by atoms with E-state index in [-0.39, 0.29) is 4.90 Å². The van der Waals surface area contributed by atoms with Crippen molar-refractivity contribution in [3.8, 4) is 0 Å². The second-order valence-electron chi connectivity index (χ2n) is 5.39. The molecule has 2 rings (SSSR count). The van der Waals surface area contributed by atoms with Crippen molar-refractivity contribution in [1.82, 2.24) is 14.2 Å². The molecule has 23 heavy (non-hydrogen) atoms. The molecule has 0 bridgehead atoms. The Morgan fingerprint density at radius 3 is 2.78 bits per heavy atom. The van der Waals surface area contributed by atoms with Gasteiger partial charge in [-0.25, -0.2) is 13.2 Å². The van der Waals surface area contributed by atoms with Crippen molar-refractivity contribution in [2.45, 2.75) is 30.2 Å². The zero-order valence-corrected chi connectivity index (χ0v) is 13.6. The number of amides is 1. The van der Waals surface area contributed by atoms with E-state index in [1.54, 1.807) is 0 Å². The minimum absolute atomic E-state index is 0.0104. The number of pyridine rings is 1. The number of carboxylic acid groups (broad SMARTS) is 1. The molecule has 0 spiro atoms. The van der Waals surface area contributed by atoms with Gasteiger partial charge in [-0.15, -0.1) is 0 Å². The van der Waals surface area contributed by atoms with E-state index >= 15 is 0 Å². The molecule has 1 atom stereocenters. The van der Waals surface area contributed by atoms with Gasteiger partial charge in [0.2, 0.25) is 15.9 Å². The van der Waals surface area contributed by atoms with Crippen LogP contribution in [0.1, 0.15) is 19.3 Å². The minimum atomic E-state index is -3.83. The first-order chi connectivity index (χ1) is 10.8. The monoisotopic (exact) mass is 341 g/mol. The molecule has 1 unspecified atom stereocenters. The van der Waals surface area contributed by atoms with Crippen molar-refractivity contribution in [2.24, 2.45) is 0 Å². The Morgan fingerprint density at radius 2 is 2.17 bits per heavy atom. The standard InChI is InChI=1S/C14H19N3O5S/c1-16(23(21,22)11-5-4-7-15-9-11)10-13(18)17-8-3-2-6-12(17)14(19)20/h4-5,7,9,12H,2-3,6,8,10H2,1H3,(H,19,20). The van der Waals surface area contributed by atoms with Crippen LogP contribution in [-0.4, -0.2) is 65.8 Å². The topological polar surface area (TPSA) is 108 Å². The Bertz CT molecular complexity index is 677. The fraction of sp³-hybridized carbons (Fsp3) is 0.500. The Morgan fingerprint density at radius 1 is 1.43 bits per heavy atom. The summed E-state index contributed by atoms with van der Waals surface area (Å²) >= 11 is 0. The van der Waals surface area contributed by atoms with Crippen LogP contribution >= 0.6 is 0 Å². The van der Waals surface area contributed by atoms with Gasteiger partial charge in [0.15, 0.2) is 0 Å². The van der Waals surface area contributed by atoms with Crippen molar-refractivity contribution in [1.29, 1.82) is 0 Å². The second kappa shape index (κ2) is 7.05. The van der Waals surface area contributed by atoms with Gasteiger partial charge >= 0.3 is 5.97 Å². The molecule has 1 fully saturated rings. The van der Waals surface area contributed by atoms with Gasteiger partial charge in [0, 0.05) is 26.0 Å². The summed E-state index contributed by atoms with van der Waals surface area (Å²) in [5.74, 6) is -1.57. The highest BCUT2D eigenvalue weighted by molar-refractivity contribution is 7.89. The van der Waals surface area contributed by atoms with E-state index in [1.165, 1.54) is 36.5 Å². The average molecular weight is 341 g/mol. The van der Waals surface area contributed by atoms with E-state index in [2.05, 4.69) is 4.98 Å². The number of carbonyl (C=O) groups is 2. The Balaban J connectivity index is 2.11. The van der Waals surface area contributed by atoms with Crippen LogP contribution in [0.25, 0.3) is 0 Å². The van der Waals surface area contributed by atoms with Crippen molar-refractivity contribution in [3.63, 3.8) is 0 Å². The summed E-state index contributed by atoms with van der Waals surface area (Å²) in [6.07, 6.45) is 4.51. The van der Waals surface area contributed by atoms with E-state index in [0.717, 1.165) is 10.7 Å². The molecule has 0 aliphatic carbocycles. The third-order valence-corrected chi connectivity index (χ3v) is 5.60. The Kier molecular flexibility index (Phi) is 5.32. The zero-order valence-electron chi connectivity index (χ0n) is 12.8. The van der Waals surface area contributed by atoms with Crippen LogP contribution in [0.4, 0.5) is 0 Å². The summed E-state index contributed by atoms with van der Waals surface area (Å²) in [5.41, 5.74) is 0. The summed E-state index contributed by atoms with van der Waals surface area (Å²) in [4.78, 5) is 28.6. The van der Waals surface area contributed by atoms with Crippen LogP contribution < -0.4 is 0 Å². The van der Waals surface area contributed by atoms with Crippen LogP contribution in [0.3, 0.4) is 0 Å². The number of piperidine rings is 1. The lowest BCUT2D eigenvalue weighted by Gasteiger charge is -2.33. The third kappa shape index (κ3) is 3.85. The molecule has 2 heterocycles. The maximum Gasteiger partial charge on any atom is 0.326 e. The van der Waals surface area contributed by atoms with Crippen molar-refractivity contribution < 1.29 is 23.1 Å². The molecule has 0 aromatic carbocycles. The second-order valence-corrected chi connectivity index (χ2v) is 7.43. The first kappa shape index (κ1) is 17.4. The van der Waals surface area contributed by atoms with Crippen LogP contribution in [0, 0.1) is 0 Å². The van der Waals surface area contributed by atoms with Crippen LogP contribution in [0.5, 0.6) is 0 Å². The van der Waals surface area contributed by atoms with Gasteiger partial charge in [-0.2, -0.15) is 4.31 Å². The number of carboxylic acids is 1. The molecule has 126 valence electrons. The average Bonchev–Trinajstić information content (AvgIpc) is 2.55. The lowest BCUT2D eigenvalue weighted by atomic mass is 10.0. The number of carbonyl (C=O) groups excluding carboxylic acids is 1. The highest BCUT2D eigenvalue weighted by Crippen LogP contribution is 2.19. The van der Waals surface area contributed by atoms with Crippen LogP contribution in [-0.2, 0) is 19.6 Å². The van der Waals surface area contributed by atoms with Crippen LogP contribution in [0.2, 0.25) is 0 Å².